The molecule has 0 bridgehead atoms. The van der Waals surface area contributed by atoms with Crippen molar-refractivity contribution >= 4 is 27.5 Å². The molecule has 1 amide bonds. The summed E-state index contributed by atoms with van der Waals surface area (Å²) in [5, 5.41) is 3.00. The van der Waals surface area contributed by atoms with E-state index in [9.17, 15) is 4.79 Å². The van der Waals surface area contributed by atoms with E-state index in [-0.39, 0.29) is 5.91 Å². The Hall–Kier alpha value is -2.59. The SMILES string of the molecule is CCc1ccccc1NC(=O)c1ccccc1OCc1ccccc1Br. The Morgan fingerprint density at radius 2 is 1.58 bits per heavy atom. The number of hydrogen-bond acceptors (Lipinski definition) is 2. The van der Waals surface area contributed by atoms with Crippen molar-refractivity contribution in [3.05, 3.63) is 94.0 Å². The number of halogens is 1. The van der Waals surface area contributed by atoms with Crippen LogP contribution in [0.3, 0.4) is 0 Å². The number of ether oxygens (including phenoxy) is 1. The second-order valence-corrected chi connectivity index (χ2v) is 6.70. The molecule has 0 aliphatic rings. The summed E-state index contributed by atoms with van der Waals surface area (Å²) in [7, 11) is 0. The average molecular weight is 410 g/mol. The highest BCUT2D eigenvalue weighted by atomic mass is 79.9. The van der Waals surface area contributed by atoms with Gasteiger partial charge in [-0.05, 0) is 36.2 Å². The average Bonchev–Trinajstić information content (AvgIpc) is 2.68. The molecular formula is C22H20BrNO2. The number of anilines is 1. The lowest BCUT2D eigenvalue weighted by molar-refractivity contribution is 0.102. The quantitative estimate of drug-likeness (QED) is 0.554. The summed E-state index contributed by atoms with van der Waals surface area (Å²) in [6.45, 7) is 2.46. The summed E-state index contributed by atoms with van der Waals surface area (Å²) in [4.78, 5) is 12.8. The second kappa shape index (κ2) is 8.68. The van der Waals surface area contributed by atoms with Crippen LogP contribution in [0.1, 0.15) is 28.4 Å². The Morgan fingerprint density at radius 3 is 2.35 bits per heavy atom. The molecule has 0 saturated heterocycles. The number of benzene rings is 3. The first-order valence-corrected chi connectivity index (χ1v) is 9.33. The number of carbonyl (C=O) groups is 1. The second-order valence-electron chi connectivity index (χ2n) is 5.84. The fraction of sp³-hybridized carbons (Fsp3) is 0.136. The molecule has 1 N–H and O–H groups in total. The largest absolute Gasteiger partial charge is 0.488 e. The number of rotatable bonds is 6. The lowest BCUT2D eigenvalue weighted by Gasteiger charge is -2.14. The van der Waals surface area contributed by atoms with Gasteiger partial charge in [0.25, 0.3) is 5.91 Å². The van der Waals surface area contributed by atoms with Crippen LogP contribution in [0.5, 0.6) is 5.75 Å². The standard InChI is InChI=1S/C22H20BrNO2/c1-2-16-9-4-7-13-20(16)24-22(25)18-11-5-8-14-21(18)26-15-17-10-3-6-12-19(17)23/h3-14H,2,15H2,1H3,(H,24,25). The van der Waals surface area contributed by atoms with E-state index in [0.29, 0.717) is 17.9 Å². The van der Waals surface area contributed by atoms with E-state index in [1.54, 1.807) is 6.07 Å². The van der Waals surface area contributed by atoms with Gasteiger partial charge in [-0.3, -0.25) is 4.79 Å². The molecule has 0 spiro atoms. The minimum atomic E-state index is -0.173. The predicted molar refractivity (Wildman–Crippen MR) is 109 cm³/mol. The van der Waals surface area contributed by atoms with E-state index >= 15 is 0 Å². The molecule has 3 nitrogen and oxygen atoms in total. The molecule has 0 heterocycles. The zero-order chi connectivity index (χ0) is 18.4. The zero-order valence-corrected chi connectivity index (χ0v) is 16.1. The number of hydrogen-bond donors (Lipinski definition) is 1. The summed E-state index contributed by atoms with van der Waals surface area (Å²) in [6.07, 6.45) is 0.858. The molecule has 0 radical (unpaired) electrons. The van der Waals surface area contributed by atoms with Gasteiger partial charge in [0.15, 0.2) is 0 Å². The van der Waals surface area contributed by atoms with Crippen LogP contribution >= 0.6 is 15.9 Å². The molecule has 132 valence electrons. The van der Waals surface area contributed by atoms with Crippen molar-refractivity contribution in [1.29, 1.82) is 0 Å². The number of carbonyl (C=O) groups excluding carboxylic acids is 1. The Labute approximate surface area is 162 Å². The van der Waals surface area contributed by atoms with Crippen LogP contribution in [0.15, 0.2) is 77.3 Å². The maximum absolute atomic E-state index is 12.8. The number of aryl methyl sites for hydroxylation is 1. The first-order chi connectivity index (χ1) is 12.7. The van der Waals surface area contributed by atoms with Gasteiger partial charge >= 0.3 is 0 Å². The van der Waals surface area contributed by atoms with Crippen molar-refractivity contribution in [1.82, 2.24) is 0 Å². The maximum Gasteiger partial charge on any atom is 0.259 e. The molecule has 0 aliphatic carbocycles. The van der Waals surface area contributed by atoms with Crippen LogP contribution in [-0.2, 0) is 13.0 Å². The molecule has 0 aliphatic heterocycles. The fourth-order valence-corrected chi connectivity index (χ4v) is 3.09. The first-order valence-electron chi connectivity index (χ1n) is 8.53. The highest BCUT2D eigenvalue weighted by molar-refractivity contribution is 9.10. The highest BCUT2D eigenvalue weighted by Crippen LogP contribution is 2.24. The van der Waals surface area contributed by atoms with E-state index in [2.05, 4.69) is 28.2 Å². The molecule has 3 aromatic carbocycles. The Balaban J connectivity index is 1.78. The molecule has 0 aromatic heterocycles. The third-order valence-electron chi connectivity index (χ3n) is 4.12. The maximum atomic E-state index is 12.8. The molecule has 0 unspecified atom stereocenters. The molecule has 4 heteroatoms. The zero-order valence-electron chi connectivity index (χ0n) is 14.5. The molecule has 26 heavy (non-hydrogen) atoms. The van der Waals surface area contributed by atoms with Crippen molar-refractivity contribution in [3.63, 3.8) is 0 Å². The van der Waals surface area contributed by atoms with Crippen LogP contribution in [0.4, 0.5) is 5.69 Å². The van der Waals surface area contributed by atoms with Crippen LogP contribution in [0.25, 0.3) is 0 Å². The minimum absolute atomic E-state index is 0.173. The fourth-order valence-electron chi connectivity index (χ4n) is 2.69. The van der Waals surface area contributed by atoms with Crippen molar-refractivity contribution in [2.45, 2.75) is 20.0 Å². The Morgan fingerprint density at radius 1 is 0.923 bits per heavy atom. The highest BCUT2D eigenvalue weighted by Gasteiger charge is 2.14. The lowest BCUT2D eigenvalue weighted by atomic mass is 10.1. The molecule has 0 saturated carbocycles. The van der Waals surface area contributed by atoms with Crippen LogP contribution in [0, 0.1) is 0 Å². The third kappa shape index (κ3) is 4.33. The third-order valence-corrected chi connectivity index (χ3v) is 4.89. The van der Waals surface area contributed by atoms with Gasteiger partial charge in [0, 0.05) is 15.7 Å². The van der Waals surface area contributed by atoms with E-state index in [1.807, 2.05) is 66.7 Å². The summed E-state index contributed by atoms with van der Waals surface area (Å²) < 4.78 is 6.91. The summed E-state index contributed by atoms with van der Waals surface area (Å²) in [6, 6.07) is 23.0. The summed E-state index contributed by atoms with van der Waals surface area (Å²) in [5.41, 5.74) is 3.48. The van der Waals surface area contributed by atoms with Crippen molar-refractivity contribution in [2.75, 3.05) is 5.32 Å². The van der Waals surface area contributed by atoms with E-state index in [1.165, 1.54) is 0 Å². The van der Waals surface area contributed by atoms with Gasteiger partial charge in [0.2, 0.25) is 0 Å². The Bertz CT molecular complexity index is 908. The number of amides is 1. The first kappa shape index (κ1) is 18.2. The van der Waals surface area contributed by atoms with Crippen LogP contribution < -0.4 is 10.1 Å². The van der Waals surface area contributed by atoms with Gasteiger partial charge in [-0.1, -0.05) is 71.4 Å². The molecular weight excluding hydrogens is 390 g/mol. The predicted octanol–water partition coefficient (Wildman–Crippen LogP) is 5.84. The monoisotopic (exact) mass is 409 g/mol. The lowest BCUT2D eigenvalue weighted by Crippen LogP contribution is -2.14. The van der Waals surface area contributed by atoms with Gasteiger partial charge in [-0.15, -0.1) is 0 Å². The van der Waals surface area contributed by atoms with Crippen molar-refractivity contribution in [2.24, 2.45) is 0 Å². The minimum Gasteiger partial charge on any atom is -0.488 e. The molecule has 3 aromatic rings. The van der Waals surface area contributed by atoms with Gasteiger partial charge < -0.3 is 10.1 Å². The van der Waals surface area contributed by atoms with Crippen molar-refractivity contribution < 1.29 is 9.53 Å². The number of para-hydroxylation sites is 2. The topological polar surface area (TPSA) is 38.3 Å². The van der Waals surface area contributed by atoms with Crippen LogP contribution in [0.2, 0.25) is 0 Å². The van der Waals surface area contributed by atoms with E-state index in [0.717, 1.165) is 27.7 Å². The molecule has 0 fully saturated rings. The van der Waals surface area contributed by atoms with Gasteiger partial charge in [-0.25, -0.2) is 0 Å². The molecule has 3 rings (SSSR count). The number of nitrogens with one attached hydrogen (secondary N) is 1. The smallest absolute Gasteiger partial charge is 0.259 e. The summed E-state index contributed by atoms with van der Waals surface area (Å²) >= 11 is 3.52. The van der Waals surface area contributed by atoms with Gasteiger partial charge in [0.1, 0.15) is 12.4 Å². The van der Waals surface area contributed by atoms with E-state index in [4.69, 9.17) is 4.74 Å². The van der Waals surface area contributed by atoms with Crippen molar-refractivity contribution in [3.8, 4) is 5.75 Å². The van der Waals surface area contributed by atoms with Crippen LogP contribution in [-0.4, -0.2) is 5.91 Å². The summed E-state index contributed by atoms with van der Waals surface area (Å²) in [5.74, 6) is 0.392. The molecule has 0 atom stereocenters. The van der Waals surface area contributed by atoms with Gasteiger partial charge in [0.05, 0.1) is 5.56 Å². The normalized spacial score (nSPS) is 10.4. The van der Waals surface area contributed by atoms with E-state index < -0.39 is 0 Å². The Kier molecular flexibility index (Phi) is 6.08. The van der Waals surface area contributed by atoms with Gasteiger partial charge in [-0.2, -0.15) is 0 Å².